The van der Waals surface area contributed by atoms with Crippen LogP contribution >= 0.6 is 12.6 Å². The summed E-state index contributed by atoms with van der Waals surface area (Å²) in [5.74, 6) is -0.342. The first kappa shape index (κ1) is 12.0. The van der Waals surface area contributed by atoms with Crippen LogP contribution in [0.3, 0.4) is 0 Å². The maximum Gasteiger partial charge on any atom is 0.339 e. The van der Waals surface area contributed by atoms with Crippen LogP contribution in [0.25, 0.3) is 0 Å². The molecule has 1 unspecified atom stereocenters. The van der Waals surface area contributed by atoms with Gasteiger partial charge in [-0.2, -0.15) is 0 Å². The average molecular weight is 250 g/mol. The second-order valence-electron chi connectivity index (χ2n) is 3.73. The molecule has 0 radical (unpaired) electrons. The minimum atomic E-state index is -0.565. The van der Waals surface area contributed by atoms with Gasteiger partial charge in [-0.3, -0.25) is 4.99 Å². The number of hydrogen-bond acceptors (Lipinski definition) is 5. The Hall–Kier alpha value is -1.49. The molecule has 0 fully saturated rings. The second kappa shape index (κ2) is 5.72. The highest BCUT2D eigenvalue weighted by Crippen LogP contribution is 2.09. The number of hydrogen-bond donors (Lipinski definition) is 1. The van der Waals surface area contributed by atoms with Gasteiger partial charge < -0.3 is 9.64 Å². The molecule has 0 aromatic heterocycles. The van der Waals surface area contributed by atoms with Gasteiger partial charge in [0.2, 0.25) is 0 Å². The third-order valence-electron chi connectivity index (χ3n) is 2.47. The number of esters is 1. The van der Waals surface area contributed by atoms with Crippen molar-refractivity contribution in [3.63, 3.8) is 0 Å². The van der Waals surface area contributed by atoms with Gasteiger partial charge in [0.15, 0.2) is 5.37 Å². The van der Waals surface area contributed by atoms with Crippen LogP contribution in [0.1, 0.15) is 5.56 Å². The molecule has 0 amide bonds. The Labute approximate surface area is 106 Å². The fourth-order valence-corrected chi connectivity index (χ4v) is 1.77. The topological polar surface area (TPSA) is 41.9 Å². The average Bonchev–Trinajstić information content (AvgIpc) is 2.90. The van der Waals surface area contributed by atoms with Crippen LogP contribution in [0, 0.1) is 0 Å². The Balaban J connectivity index is 1.83. The van der Waals surface area contributed by atoms with Crippen LogP contribution in [0.15, 0.2) is 35.3 Å². The molecule has 5 heteroatoms. The molecule has 90 valence electrons. The van der Waals surface area contributed by atoms with E-state index in [1.165, 1.54) is 0 Å². The summed E-state index contributed by atoms with van der Waals surface area (Å²) < 4.78 is 5.18. The van der Waals surface area contributed by atoms with E-state index in [4.69, 9.17) is 4.74 Å². The predicted molar refractivity (Wildman–Crippen MR) is 69.1 cm³/mol. The molecule has 1 heterocycles. The van der Waals surface area contributed by atoms with E-state index in [1.807, 2.05) is 30.3 Å². The third kappa shape index (κ3) is 3.23. The number of aliphatic imine (C=N–C) groups is 1. The van der Waals surface area contributed by atoms with Crippen LogP contribution in [0.5, 0.6) is 0 Å². The molecule has 1 atom stereocenters. The fourth-order valence-electron chi connectivity index (χ4n) is 1.52. The van der Waals surface area contributed by atoms with Crippen molar-refractivity contribution in [2.24, 2.45) is 4.99 Å². The molecule has 2 rings (SSSR count). The highest BCUT2D eigenvalue weighted by Gasteiger charge is 2.23. The van der Waals surface area contributed by atoms with E-state index in [1.54, 1.807) is 11.2 Å². The Morgan fingerprint density at radius 1 is 1.47 bits per heavy atom. The number of ether oxygens (including phenoxy) is 1. The van der Waals surface area contributed by atoms with E-state index in [2.05, 4.69) is 17.6 Å². The van der Waals surface area contributed by atoms with E-state index in [0.717, 1.165) is 5.56 Å². The number of nitrogens with zero attached hydrogens (tertiary/aromatic N) is 2. The standard InChI is InChI=1S/C12H14N2O2S/c15-12(11(17)14-7-6-13-9-14)16-8-10-4-2-1-3-5-10/h1-5,9,11,17H,6-8H2. The Morgan fingerprint density at radius 2 is 2.24 bits per heavy atom. The summed E-state index contributed by atoms with van der Waals surface area (Å²) in [6, 6.07) is 9.58. The van der Waals surface area contributed by atoms with Crippen molar-refractivity contribution in [3.05, 3.63) is 35.9 Å². The fraction of sp³-hybridized carbons (Fsp3) is 0.333. The molecule has 0 saturated heterocycles. The Kier molecular flexibility index (Phi) is 4.03. The van der Waals surface area contributed by atoms with Crippen LogP contribution in [-0.4, -0.2) is 35.7 Å². The first-order chi connectivity index (χ1) is 8.27. The van der Waals surface area contributed by atoms with Gasteiger partial charge in [-0.15, -0.1) is 12.6 Å². The minimum Gasteiger partial charge on any atom is -0.459 e. The lowest BCUT2D eigenvalue weighted by Gasteiger charge is -2.20. The molecule has 0 bridgehead atoms. The van der Waals surface area contributed by atoms with E-state index < -0.39 is 5.37 Å². The molecule has 0 spiro atoms. The predicted octanol–water partition coefficient (Wildman–Crippen LogP) is 1.33. The van der Waals surface area contributed by atoms with Gasteiger partial charge in [0.1, 0.15) is 6.61 Å². The lowest BCUT2D eigenvalue weighted by atomic mass is 10.2. The number of rotatable bonds is 4. The van der Waals surface area contributed by atoms with Gasteiger partial charge in [0.05, 0.1) is 12.9 Å². The summed E-state index contributed by atoms with van der Waals surface area (Å²) in [4.78, 5) is 17.5. The third-order valence-corrected chi connectivity index (χ3v) is 2.97. The molecule has 0 N–H and O–H groups in total. The largest absolute Gasteiger partial charge is 0.459 e. The van der Waals surface area contributed by atoms with Crippen LogP contribution < -0.4 is 0 Å². The van der Waals surface area contributed by atoms with Gasteiger partial charge >= 0.3 is 5.97 Å². The second-order valence-corrected chi connectivity index (χ2v) is 4.22. The van der Waals surface area contributed by atoms with Gasteiger partial charge in [0, 0.05) is 6.54 Å². The number of benzene rings is 1. The molecular formula is C12H14N2O2S. The summed E-state index contributed by atoms with van der Waals surface area (Å²) in [6.07, 6.45) is 1.64. The highest BCUT2D eigenvalue weighted by atomic mass is 32.1. The quantitative estimate of drug-likeness (QED) is 0.647. The normalized spacial score (nSPS) is 15.9. The van der Waals surface area contributed by atoms with Crippen molar-refractivity contribution >= 4 is 24.9 Å². The molecule has 1 aromatic carbocycles. The van der Waals surface area contributed by atoms with Gasteiger partial charge in [0.25, 0.3) is 0 Å². The van der Waals surface area contributed by atoms with E-state index in [9.17, 15) is 4.79 Å². The van der Waals surface area contributed by atoms with Crippen LogP contribution in [-0.2, 0) is 16.1 Å². The first-order valence-electron chi connectivity index (χ1n) is 5.42. The van der Waals surface area contributed by atoms with Crippen molar-refractivity contribution in [2.75, 3.05) is 13.1 Å². The molecule has 1 aliphatic rings. The monoisotopic (exact) mass is 250 g/mol. The minimum absolute atomic E-state index is 0.279. The summed E-state index contributed by atoms with van der Waals surface area (Å²) in [7, 11) is 0. The lowest BCUT2D eigenvalue weighted by Crippen LogP contribution is -2.36. The van der Waals surface area contributed by atoms with Crippen LogP contribution in [0.4, 0.5) is 0 Å². The van der Waals surface area contributed by atoms with Crippen molar-refractivity contribution in [2.45, 2.75) is 12.0 Å². The summed E-state index contributed by atoms with van der Waals surface area (Å²) >= 11 is 4.23. The Morgan fingerprint density at radius 3 is 2.88 bits per heavy atom. The first-order valence-corrected chi connectivity index (χ1v) is 5.93. The van der Waals surface area contributed by atoms with Gasteiger partial charge in [-0.1, -0.05) is 30.3 Å². The zero-order valence-electron chi connectivity index (χ0n) is 9.32. The van der Waals surface area contributed by atoms with Crippen LogP contribution in [0.2, 0.25) is 0 Å². The summed E-state index contributed by atoms with van der Waals surface area (Å²) in [5, 5.41) is -0.565. The maximum atomic E-state index is 11.7. The van der Waals surface area contributed by atoms with E-state index in [0.29, 0.717) is 13.1 Å². The molecule has 0 saturated carbocycles. The summed E-state index contributed by atoms with van der Waals surface area (Å²) in [5.41, 5.74) is 0.969. The molecule has 1 aliphatic heterocycles. The maximum absolute atomic E-state index is 11.7. The Bertz CT molecular complexity index is 408. The number of carbonyl (C=O) groups excluding carboxylic acids is 1. The molecule has 0 aliphatic carbocycles. The van der Waals surface area contributed by atoms with Crippen molar-refractivity contribution in [1.29, 1.82) is 0 Å². The summed E-state index contributed by atoms with van der Waals surface area (Å²) in [6.45, 7) is 1.71. The number of thiol groups is 1. The van der Waals surface area contributed by atoms with Gasteiger partial charge in [-0.05, 0) is 5.56 Å². The smallest absolute Gasteiger partial charge is 0.339 e. The van der Waals surface area contributed by atoms with E-state index >= 15 is 0 Å². The molecule has 17 heavy (non-hydrogen) atoms. The van der Waals surface area contributed by atoms with Crippen molar-refractivity contribution in [1.82, 2.24) is 4.90 Å². The van der Waals surface area contributed by atoms with Crippen molar-refractivity contribution in [3.8, 4) is 0 Å². The molecule has 4 nitrogen and oxygen atoms in total. The molecule has 1 aromatic rings. The lowest BCUT2D eigenvalue weighted by molar-refractivity contribution is -0.146. The molecular weight excluding hydrogens is 236 g/mol. The van der Waals surface area contributed by atoms with Gasteiger partial charge in [-0.25, -0.2) is 4.79 Å². The SMILES string of the molecule is O=C(OCc1ccccc1)C(S)N1C=NCC1. The van der Waals surface area contributed by atoms with E-state index in [-0.39, 0.29) is 12.6 Å². The zero-order chi connectivity index (χ0) is 12.1. The zero-order valence-corrected chi connectivity index (χ0v) is 10.2. The number of carbonyl (C=O) groups is 1. The van der Waals surface area contributed by atoms with Crippen molar-refractivity contribution < 1.29 is 9.53 Å². The highest BCUT2D eigenvalue weighted by molar-refractivity contribution is 7.81.